The number of pyridine rings is 1. The van der Waals surface area contributed by atoms with Crippen LogP contribution in [-0.4, -0.2) is 34.9 Å². The van der Waals surface area contributed by atoms with E-state index >= 15 is 0 Å². The van der Waals surface area contributed by atoms with Gasteiger partial charge < -0.3 is 16.4 Å². The van der Waals surface area contributed by atoms with E-state index in [0.29, 0.717) is 23.0 Å². The molecule has 4 N–H and O–H groups in total. The molecule has 1 aliphatic heterocycles. The van der Waals surface area contributed by atoms with Gasteiger partial charge in [-0.15, -0.1) is 11.3 Å². The molecular formula is C27H27N5OS. The second-order valence-corrected chi connectivity index (χ2v) is 9.48. The number of nitrogen functional groups attached to an aromatic ring is 1. The zero-order chi connectivity index (χ0) is 23.3. The van der Waals surface area contributed by atoms with Crippen molar-refractivity contribution in [3.05, 3.63) is 95.6 Å². The molecule has 3 heterocycles. The number of hydrogen-bond acceptors (Lipinski definition) is 6. The standard InChI is InChI=1S/C27H27N5OS/c28-24-10-9-21(26-4-2-14-34-26)15-25(24)31-27(33)20-7-5-19(6-8-20)17-32-13-11-23(18-32)30-22-3-1-12-29-16-22/h1-10,12,14-16,23,30H,11,13,17-18,28H2,(H,31,33)/t23-/m0/s1. The normalized spacial score (nSPS) is 15.8. The summed E-state index contributed by atoms with van der Waals surface area (Å²) in [6, 6.07) is 22.0. The van der Waals surface area contributed by atoms with E-state index in [4.69, 9.17) is 5.73 Å². The molecule has 6 nitrogen and oxygen atoms in total. The van der Waals surface area contributed by atoms with Gasteiger partial charge in [0.2, 0.25) is 0 Å². The van der Waals surface area contributed by atoms with Gasteiger partial charge in [-0.2, -0.15) is 0 Å². The molecular weight excluding hydrogens is 442 g/mol. The summed E-state index contributed by atoms with van der Waals surface area (Å²) in [5.74, 6) is -0.163. The van der Waals surface area contributed by atoms with Crippen LogP contribution < -0.4 is 16.4 Å². The van der Waals surface area contributed by atoms with Crippen LogP contribution >= 0.6 is 11.3 Å². The third kappa shape index (κ3) is 5.27. The Labute approximate surface area is 203 Å². The molecule has 2 aromatic heterocycles. The van der Waals surface area contributed by atoms with Gasteiger partial charge in [-0.3, -0.25) is 14.7 Å². The Bertz CT molecular complexity index is 1240. The molecule has 34 heavy (non-hydrogen) atoms. The van der Waals surface area contributed by atoms with Crippen molar-refractivity contribution in [2.24, 2.45) is 0 Å². The molecule has 4 aromatic rings. The van der Waals surface area contributed by atoms with Crippen molar-refractivity contribution in [2.75, 3.05) is 29.5 Å². The highest BCUT2D eigenvalue weighted by molar-refractivity contribution is 7.13. The first-order valence-corrected chi connectivity index (χ1v) is 12.2. The Morgan fingerprint density at radius 2 is 2.00 bits per heavy atom. The molecule has 5 rings (SSSR count). The SMILES string of the molecule is Nc1ccc(-c2cccs2)cc1NC(=O)c1ccc(CN2CC[C@H](Nc3cccnc3)C2)cc1. The molecule has 2 aromatic carbocycles. The lowest BCUT2D eigenvalue weighted by Gasteiger charge is -2.17. The Balaban J connectivity index is 1.18. The maximum Gasteiger partial charge on any atom is 0.255 e. The Morgan fingerprint density at radius 1 is 1.12 bits per heavy atom. The average molecular weight is 470 g/mol. The Kier molecular flexibility index (Phi) is 6.56. The number of rotatable bonds is 7. The van der Waals surface area contributed by atoms with Crippen LogP contribution in [0.25, 0.3) is 10.4 Å². The number of anilines is 3. The van der Waals surface area contributed by atoms with E-state index in [1.54, 1.807) is 17.5 Å². The third-order valence-electron chi connectivity index (χ3n) is 6.03. The molecule has 1 saturated heterocycles. The van der Waals surface area contributed by atoms with Crippen molar-refractivity contribution >= 4 is 34.3 Å². The van der Waals surface area contributed by atoms with Crippen LogP contribution in [0, 0.1) is 0 Å². The van der Waals surface area contributed by atoms with E-state index < -0.39 is 0 Å². The highest BCUT2D eigenvalue weighted by Crippen LogP contribution is 2.30. The minimum absolute atomic E-state index is 0.163. The van der Waals surface area contributed by atoms with E-state index in [2.05, 4.69) is 26.6 Å². The van der Waals surface area contributed by atoms with E-state index in [1.807, 2.05) is 72.2 Å². The number of thiophene rings is 1. The summed E-state index contributed by atoms with van der Waals surface area (Å²) in [6.07, 6.45) is 4.74. The molecule has 1 amide bonds. The monoisotopic (exact) mass is 469 g/mol. The third-order valence-corrected chi connectivity index (χ3v) is 6.95. The lowest BCUT2D eigenvalue weighted by atomic mass is 10.1. The summed E-state index contributed by atoms with van der Waals surface area (Å²) in [4.78, 5) is 20.6. The fourth-order valence-electron chi connectivity index (χ4n) is 4.25. The summed E-state index contributed by atoms with van der Waals surface area (Å²) in [5.41, 5.74) is 11.2. The summed E-state index contributed by atoms with van der Waals surface area (Å²) in [6.45, 7) is 2.89. The van der Waals surface area contributed by atoms with Gasteiger partial charge >= 0.3 is 0 Å². The van der Waals surface area contributed by atoms with Crippen LogP contribution in [0.2, 0.25) is 0 Å². The largest absolute Gasteiger partial charge is 0.397 e. The highest BCUT2D eigenvalue weighted by atomic mass is 32.1. The molecule has 1 aliphatic rings. The summed E-state index contributed by atoms with van der Waals surface area (Å²) in [7, 11) is 0. The van der Waals surface area contributed by atoms with Crippen molar-refractivity contribution in [3.8, 4) is 10.4 Å². The lowest BCUT2D eigenvalue weighted by Crippen LogP contribution is -2.26. The molecule has 0 unspecified atom stereocenters. The molecule has 1 atom stereocenters. The Morgan fingerprint density at radius 3 is 2.76 bits per heavy atom. The van der Waals surface area contributed by atoms with Crippen molar-refractivity contribution in [2.45, 2.75) is 19.0 Å². The minimum atomic E-state index is -0.163. The van der Waals surface area contributed by atoms with Gasteiger partial charge in [0.1, 0.15) is 0 Å². The Hall–Kier alpha value is -3.68. The lowest BCUT2D eigenvalue weighted by molar-refractivity contribution is 0.102. The van der Waals surface area contributed by atoms with Gasteiger partial charge in [-0.05, 0) is 65.4 Å². The second-order valence-electron chi connectivity index (χ2n) is 8.54. The van der Waals surface area contributed by atoms with Gasteiger partial charge in [0, 0.05) is 48.5 Å². The van der Waals surface area contributed by atoms with E-state index in [9.17, 15) is 4.79 Å². The fourth-order valence-corrected chi connectivity index (χ4v) is 4.98. The quantitative estimate of drug-likeness (QED) is 0.319. The van der Waals surface area contributed by atoms with Crippen LogP contribution in [0.3, 0.4) is 0 Å². The summed E-state index contributed by atoms with van der Waals surface area (Å²) >= 11 is 1.66. The zero-order valence-electron chi connectivity index (χ0n) is 18.8. The maximum absolute atomic E-state index is 12.8. The van der Waals surface area contributed by atoms with Crippen LogP contribution in [0.5, 0.6) is 0 Å². The summed E-state index contributed by atoms with van der Waals surface area (Å²) < 4.78 is 0. The molecule has 0 bridgehead atoms. The minimum Gasteiger partial charge on any atom is -0.397 e. The fraction of sp³-hybridized carbons (Fsp3) is 0.185. The van der Waals surface area contributed by atoms with E-state index in [-0.39, 0.29) is 5.91 Å². The van der Waals surface area contributed by atoms with Crippen LogP contribution in [0.15, 0.2) is 84.5 Å². The topological polar surface area (TPSA) is 83.3 Å². The first-order chi connectivity index (χ1) is 16.6. The number of nitrogens with one attached hydrogen (secondary N) is 2. The molecule has 7 heteroatoms. The van der Waals surface area contributed by atoms with Crippen LogP contribution in [0.4, 0.5) is 17.1 Å². The molecule has 0 saturated carbocycles. The predicted octanol–water partition coefficient (Wildman–Crippen LogP) is 5.33. The van der Waals surface area contributed by atoms with Gasteiger partial charge in [0.15, 0.2) is 0 Å². The maximum atomic E-state index is 12.8. The number of carbonyl (C=O) groups excluding carboxylic acids is 1. The van der Waals surface area contributed by atoms with Crippen LogP contribution in [-0.2, 0) is 6.54 Å². The zero-order valence-corrected chi connectivity index (χ0v) is 19.6. The van der Waals surface area contributed by atoms with E-state index in [0.717, 1.165) is 42.2 Å². The number of benzene rings is 2. The molecule has 172 valence electrons. The number of hydrogen-bond donors (Lipinski definition) is 3. The van der Waals surface area contributed by atoms with Crippen molar-refractivity contribution < 1.29 is 4.79 Å². The molecule has 0 spiro atoms. The van der Waals surface area contributed by atoms with Gasteiger partial charge in [0.25, 0.3) is 5.91 Å². The van der Waals surface area contributed by atoms with Crippen LogP contribution in [0.1, 0.15) is 22.3 Å². The highest BCUT2D eigenvalue weighted by Gasteiger charge is 2.22. The van der Waals surface area contributed by atoms with Crippen molar-refractivity contribution in [1.29, 1.82) is 0 Å². The van der Waals surface area contributed by atoms with Gasteiger partial charge in [-0.1, -0.05) is 24.3 Å². The number of nitrogens with zero attached hydrogens (tertiary/aromatic N) is 2. The number of amides is 1. The molecule has 1 fully saturated rings. The number of aromatic nitrogens is 1. The molecule has 0 aliphatic carbocycles. The van der Waals surface area contributed by atoms with Gasteiger partial charge in [-0.25, -0.2) is 0 Å². The average Bonchev–Trinajstić information content (AvgIpc) is 3.54. The van der Waals surface area contributed by atoms with Gasteiger partial charge in [0.05, 0.1) is 17.1 Å². The van der Waals surface area contributed by atoms with Crippen molar-refractivity contribution in [1.82, 2.24) is 9.88 Å². The van der Waals surface area contributed by atoms with E-state index in [1.165, 1.54) is 5.56 Å². The number of carbonyl (C=O) groups is 1. The number of nitrogens with two attached hydrogens (primary N) is 1. The second kappa shape index (κ2) is 10.1. The number of likely N-dealkylation sites (tertiary alicyclic amines) is 1. The molecule has 0 radical (unpaired) electrons. The van der Waals surface area contributed by atoms with Crippen molar-refractivity contribution in [3.63, 3.8) is 0 Å². The first-order valence-electron chi connectivity index (χ1n) is 11.4. The smallest absolute Gasteiger partial charge is 0.255 e. The summed E-state index contributed by atoms with van der Waals surface area (Å²) in [5, 5.41) is 8.55. The predicted molar refractivity (Wildman–Crippen MR) is 140 cm³/mol. The first kappa shape index (κ1) is 22.1.